The first kappa shape index (κ1) is 49.6. The van der Waals surface area contributed by atoms with Crippen molar-refractivity contribution >= 4 is 39.3 Å². The van der Waals surface area contributed by atoms with Gasteiger partial charge in [0.1, 0.15) is 6.10 Å². The van der Waals surface area contributed by atoms with Crippen molar-refractivity contribution in [1.82, 2.24) is 16.0 Å². The van der Waals surface area contributed by atoms with Crippen molar-refractivity contribution in [3.63, 3.8) is 0 Å². The standard InChI is InChI=1S/C36H59N3O5S2.C4H10/c1-6-7-8-9-10-11-12-13-14-15-16-17-18-19-20-21-22-23-24-32(40)37-27-29-45-46-30-28-38-33(41)25-26-39-35(42)34(44-5)36(2,3)31-43-4;1-3-4-2/h7-8,10-11,13-14,16-17,19-20,22-23,34H,6,9,12,15,18,21,24-31H2,1-5H3,(H,37,40)(H,38,41)(H,39,42);3-4H2,1-2H3/b8-7-,11-10-,14-13-,17-16-,20-19-,23-22-;/t34-;/m0./s1. The van der Waals surface area contributed by atoms with Crippen LogP contribution >= 0.6 is 21.6 Å². The SMILES string of the molecule is CC/C=C\C/C=C\C/C=C\C/C=C\C/C=C\C/C=C\CC(=O)NCCSSCCNC(=O)CCNC(=O)[C@H](OC)C(C)(C)COC.CCCC. The maximum atomic E-state index is 12.4. The fraction of sp³-hybridized carbons (Fsp3) is 0.625. The molecule has 0 aliphatic carbocycles. The molecular formula is C40H69N3O5S2. The first-order valence-corrected chi connectivity index (χ1v) is 20.7. The average molecular weight is 736 g/mol. The Morgan fingerprint density at radius 1 is 0.620 bits per heavy atom. The summed E-state index contributed by atoms with van der Waals surface area (Å²) < 4.78 is 10.5. The van der Waals surface area contributed by atoms with E-state index < -0.39 is 11.5 Å². The summed E-state index contributed by atoms with van der Waals surface area (Å²) >= 11 is 0. The van der Waals surface area contributed by atoms with Gasteiger partial charge in [-0.3, -0.25) is 14.4 Å². The zero-order valence-corrected chi connectivity index (χ0v) is 33.8. The highest BCUT2D eigenvalue weighted by Crippen LogP contribution is 2.23. The number of hydrogen-bond acceptors (Lipinski definition) is 7. The Morgan fingerprint density at radius 2 is 1.06 bits per heavy atom. The van der Waals surface area contributed by atoms with Crippen LogP contribution in [0.2, 0.25) is 0 Å². The second-order valence-corrected chi connectivity index (χ2v) is 14.7. The first-order chi connectivity index (χ1) is 24.2. The van der Waals surface area contributed by atoms with Gasteiger partial charge in [-0.2, -0.15) is 0 Å². The average Bonchev–Trinajstić information content (AvgIpc) is 3.09. The van der Waals surface area contributed by atoms with Gasteiger partial charge in [0.15, 0.2) is 0 Å². The summed E-state index contributed by atoms with van der Waals surface area (Å²) in [6.07, 6.45) is 34.1. The smallest absolute Gasteiger partial charge is 0.249 e. The van der Waals surface area contributed by atoms with Crippen molar-refractivity contribution in [2.75, 3.05) is 52.0 Å². The lowest BCUT2D eigenvalue weighted by Crippen LogP contribution is -2.47. The van der Waals surface area contributed by atoms with E-state index in [2.05, 4.69) is 97.5 Å². The van der Waals surface area contributed by atoms with Crippen LogP contribution in [0.4, 0.5) is 0 Å². The number of methoxy groups -OCH3 is 2. The molecule has 0 radical (unpaired) electrons. The fourth-order valence-electron chi connectivity index (χ4n) is 4.08. The molecule has 0 aliphatic rings. The van der Waals surface area contributed by atoms with Gasteiger partial charge in [0.05, 0.1) is 6.61 Å². The summed E-state index contributed by atoms with van der Waals surface area (Å²) in [5.41, 5.74) is -0.484. The van der Waals surface area contributed by atoms with E-state index in [1.165, 1.54) is 20.0 Å². The monoisotopic (exact) mass is 735 g/mol. The third-order valence-corrected chi connectivity index (χ3v) is 9.26. The molecule has 0 heterocycles. The van der Waals surface area contributed by atoms with Crippen LogP contribution in [0.25, 0.3) is 0 Å². The number of amides is 3. The lowest BCUT2D eigenvalue weighted by atomic mass is 9.86. The Labute approximate surface area is 313 Å². The van der Waals surface area contributed by atoms with Gasteiger partial charge < -0.3 is 25.4 Å². The largest absolute Gasteiger partial charge is 0.384 e. The molecule has 0 aromatic heterocycles. The van der Waals surface area contributed by atoms with Crippen LogP contribution in [0.1, 0.15) is 98.8 Å². The van der Waals surface area contributed by atoms with E-state index in [0.29, 0.717) is 26.1 Å². The minimum absolute atomic E-state index is 0.0177. The Hall–Kier alpha value is -2.53. The van der Waals surface area contributed by atoms with Crippen molar-refractivity contribution < 1.29 is 23.9 Å². The van der Waals surface area contributed by atoms with Crippen LogP contribution in [0.5, 0.6) is 0 Å². The molecule has 3 N–H and O–H groups in total. The number of carbonyl (C=O) groups excluding carboxylic acids is 3. The van der Waals surface area contributed by atoms with Gasteiger partial charge >= 0.3 is 0 Å². The normalized spacial score (nSPS) is 12.8. The maximum Gasteiger partial charge on any atom is 0.249 e. The molecule has 0 bridgehead atoms. The number of rotatable bonds is 29. The minimum Gasteiger partial charge on any atom is -0.384 e. The summed E-state index contributed by atoms with van der Waals surface area (Å²) in [6, 6.07) is 0. The Kier molecular flexibility index (Phi) is 37.4. The highest BCUT2D eigenvalue weighted by molar-refractivity contribution is 8.76. The van der Waals surface area contributed by atoms with Gasteiger partial charge in [-0.05, 0) is 38.5 Å². The maximum absolute atomic E-state index is 12.4. The fourth-order valence-corrected chi connectivity index (χ4v) is 5.89. The highest BCUT2D eigenvalue weighted by atomic mass is 33.1. The number of allylic oxidation sites excluding steroid dienone is 11. The summed E-state index contributed by atoms with van der Waals surface area (Å²) in [6.45, 7) is 12.1. The molecule has 0 saturated carbocycles. The van der Waals surface area contributed by atoms with E-state index in [1.54, 1.807) is 28.7 Å². The number of carbonyl (C=O) groups is 3. The summed E-state index contributed by atoms with van der Waals surface area (Å²) in [7, 11) is 6.39. The minimum atomic E-state index is -0.662. The predicted octanol–water partition coefficient (Wildman–Crippen LogP) is 8.69. The van der Waals surface area contributed by atoms with Gasteiger partial charge in [-0.25, -0.2) is 0 Å². The van der Waals surface area contributed by atoms with E-state index in [9.17, 15) is 14.4 Å². The van der Waals surface area contributed by atoms with Crippen molar-refractivity contribution in [3.05, 3.63) is 72.9 Å². The third kappa shape index (κ3) is 33.9. The third-order valence-electron chi connectivity index (χ3n) is 6.85. The topological polar surface area (TPSA) is 106 Å². The number of ether oxygens (including phenoxy) is 2. The molecule has 50 heavy (non-hydrogen) atoms. The van der Waals surface area contributed by atoms with Crippen LogP contribution in [0, 0.1) is 5.41 Å². The molecule has 0 saturated heterocycles. The van der Waals surface area contributed by atoms with E-state index in [0.717, 1.165) is 50.0 Å². The van der Waals surface area contributed by atoms with Crippen molar-refractivity contribution in [1.29, 1.82) is 0 Å². The van der Waals surface area contributed by atoms with Crippen LogP contribution in [-0.4, -0.2) is 75.8 Å². The molecule has 0 unspecified atom stereocenters. The molecule has 0 aliphatic heterocycles. The Morgan fingerprint density at radius 3 is 1.48 bits per heavy atom. The molecule has 1 atom stereocenters. The van der Waals surface area contributed by atoms with Gasteiger partial charge in [0, 0.05) is 63.6 Å². The van der Waals surface area contributed by atoms with E-state index in [1.807, 2.05) is 26.0 Å². The molecule has 0 rings (SSSR count). The molecule has 3 amide bonds. The van der Waals surface area contributed by atoms with E-state index >= 15 is 0 Å². The Bertz CT molecular complexity index is 1020. The van der Waals surface area contributed by atoms with Crippen LogP contribution in [0.3, 0.4) is 0 Å². The van der Waals surface area contributed by atoms with Gasteiger partial charge in [0.2, 0.25) is 17.7 Å². The van der Waals surface area contributed by atoms with Crippen molar-refractivity contribution in [2.24, 2.45) is 5.41 Å². The second kappa shape index (κ2) is 37.7. The van der Waals surface area contributed by atoms with Crippen molar-refractivity contribution in [2.45, 2.75) is 105 Å². The predicted molar refractivity (Wildman–Crippen MR) is 218 cm³/mol. The van der Waals surface area contributed by atoms with Crippen LogP contribution in [-0.2, 0) is 23.9 Å². The quantitative estimate of drug-likeness (QED) is 0.0401. The number of nitrogens with one attached hydrogen (secondary N) is 3. The lowest BCUT2D eigenvalue weighted by Gasteiger charge is -2.31. The van der Waals surface area contributed by atoms with Crippen molar-refractivity contribution in [3.8, 4) is 0 Å². The summed E-state index contributed by atoms with van der Waals surface area (Å²) in [5.74, 6) is 1.20. The highest BCUT2D eigenvalue weighted by Gasteiger charge is 2.35. The zero-order valence-electron chi connectivity index (χ0n) is 32.2. The number of unbranched alkanes of at least 4 members (excludes halogenated alkanes) is 1. The molecule has 10 heteroatoms. The van der Waals surface area contributed by atoms with Gasteiger partial charge in [0.25, 0.3) is 0 Å². The molecule has 0 fully saturated rings. The first-order valence-electron chi connectivity index (χ1n) is 18.2. The van der Waals surface area contributed by atoms with Gasteiger partial charge in [-0.1, -0.05) is 142 Å². The zero-order chi connectivity index (χ0) is 37.6. The molecule has 0 aromatic rings. The lowest BCUT2D eigenvalue weighted by molar-refractivity contribution is -0.140. The Balaban J connectivity index is 0. The van der Waals surface area contributed by atoms with Crippen LogP contribution < -0.4 is 16.0 Å². The second-order valence-electron chi connectivity index (χ2n) is 12.0. The summed E-state index contributed by atoms with van der Waals surface area (Å²) in [5, 5.41) is 8.55. The van der Waals surface area contributed by atoms with E-state index in [4.69, 9.17) is 9.47 Å². The molecule has 286 valence electrons. The van der Waals surface area contributed by atoms with E-state index in [-0.39, 0.29) is 30.7 Å². The van der Waals surface area contributed by atoms with Crippen LogP contribution in [0.15, 0.2) is 72.9 Å². The van der Waals surface area contributed by atoms with Gasteiger partial charge in [-0.15, -0.1) is 0 Å². The molecule has 0 spiro atoms. The molecule has 0 aromatic carbocycles. The summed E-state index contributed by atoms with van der Waals surface area (Å²) in [4.78, 5) is 36.4. The molecule has 8 nitrogen and oxygen atoms in total. The molecular weight excluding hydrogens is 667 g/mol. The number of hydrogen-bond donors (Lipinski definition) is 3.